The van der Waals surface area contributed by atoms with Gasteiger partial charge in [0.05, 0.1) is 22.8 Å². The number of fused-ring (bicyclic) bond motifs is 3. The molecule has 4 aliphatic rings. The summed E-state index contributed by atoms with van der Waals surface area (Å²) < 4.78 is 20.1. The van der Waals surface area contributed by atoms with E-state index in [-0.39, 0.29) is 10.9 Å². The molecule has 3 aliphatic heterocycles. The normalized spacial score (nSPS) is 24.6. The molecule has 1 aliphatic carbocycles. The number of anilines is 3. The molecule has 1 saturated carbocycles. The number of halogens is 2. The van der Waals surface area contributed by atoms with Gasteiger partial charge in [0.2, 0.25) is 5.91 Å². The van der Waals surface area contributed by atoms with Crippen LogP contribution in [0.2, 0.25) is 5.02 Å². The zero-order valence-electron chi connectivity index (χ0n) is 26.8. The van der Waals surface area contributed by atoms with Crippen molar-refractivity contribution in [3.05, 3.63) is 59.7 Å². The van der Waals surface area contributed by atoms with Crippen molar-refractivity contribution in [3.63, 3.8) is 0 Å². The monoisotopic (exact) mass is 646 g/mol. The van der Waals surface area contributed by atoms with Crippen molar-refractivity contribution >= 4 is 45.6 Å². The third-order valence-electron chi connectivity index (χ3n) is 11.2. The number of ether oxygens (including phenoxy) is 1. The van der Waals surface area contributed by atoms with Gasteiger partial charge in [-0.3, -0.25) is 4.79 Å². The number of aromatic nitrogens is 2. The van der Waals surface area contributed by atoms with Gasteiger partial charge < -0.3 is 25.2 Å². The van der Waals surface area contributed by atoms with Gasteiger partial charge in [-0.15, -0.1) is 0 Å². The first-order valence-electron chi connectivity index (χ1n) is 16.8. The second-order valence-corrected chi connectivity index (χ2v) is 14.6. The first-order chi connectivity index (χ1) is 22.2. The molecule has 2 bridgehead atoms. The average Bonchev–Trinajstić information content (AvgIpc) is 3.53. The first-order valence-corrected chi connectivity index (χ1v) is 17.1. The Bertz CT molecular complexity index is 1620. The van der Waals surface area contributed by atoms with Gasteiger partial charge in [0, 0.05) is 29.2 Å². The van der Waals surface area contributed by atoms with E-state index in [4.69, 9.17) is 16.3 Å². The first kappa shape index (κ1) is 31.3. The zero-order chi connectivity index (χ0) is 31.8. The molecule has 46 heavy (non-hydrogen) atoms. The van der Waals surface area contributed by atoms with Crippen LogP contribution in [0.5, 0.6) is 5.75 Å². The van der Waals surface area contributed by atoms with Crippen LogP contribution < -0.4 is 15.4 Å². The number of allylic oxidation sites excluding steroid dienone is 1. The maximum Gasteiger partial charge on any atom is 0.248 e. The Labute approximate surface area is 275 Å². The summed E-state index contributed by atoms with van der Waals surface area (Å²) in [6.45, 7) is 2.97. The number of benzene rings is 2. The molecule has 1 spiro atoms. The molecule has 3 saturated heterocycles. The minimum Gasteiger partial charge on any atom is -0.491 e. The zero-order valence-corrected chi connectivity index (χ0v) is 27.5. The lowest BCUT2D eigenvalue weighted by molar-refractivity contribution is -0.111. The Morgan fingerprint density at radius 2 is 1.98 bits per heavy atom. The van der Waals surface area contributed by atoms with Gasteiger partial charge in [-0.25, -0.2) is 14.4 Å². The molecule has 3 atom stereocenters. The number of nitrogens with zero attached hydrogens (tertiary/aromatic N) is 4. The second kappa shape index (κ2) is 13.1. The van der Waals surface area contributed by atoms with Crippen molar-refractivity contribution in [1.29, 1.82) is 0 Å². The molecule has 0 radical (unpaired) electrons. The summed E-state index contributed by atoms with van der Waals surface area (Å²) in [5.74, 6) is 1.71. The van der Waals surface area contributed by atoms with E-state index in [0.717, 1.165) is 12.8 Å². The third-order valence-corrected chi connectivity index (χ3v) is 11.5. The molecule has 1 aromatic heterocycles. The van der Waals surface area contributed by atoms with Crippen LogP contribution in [-0.2, 0) is 4.79 Å². The quantitative estimate of drug-likeness (QED) is 0.222. The molecule has 3 aromatic rings. The van der Waals surface area contributed by atoms with Crippen LogP contribution in [0.4, 0.5) is 21.6 Å². The third kappa shape index (κ3) is 6.60. The molecule has 2 N–H and O–H groups in total. The predicted octanol–water partition coefficient (Wildman–Crippen LogP) is 7.42. The van der Waals surface area contributed by atoms with E-state index in [1.54, 1.807) is 12.1 Å². The van der Waals surface area contributed by atoms with Crippen LogP contribution >= 0.6 is 11.6 Å². The number of hydrogen-bond acceptors (Lipinski definition) is 7. The molecule has 7 rings (SSSR count). The van der Waals surface area contributed by atoms with Crippen LogP contribution in [0.1, 0.15) is 57.8 Å². The van der Waals surface area contributed by atoms with Crippen LogP contribution in [0, 0.1) is 23.1 Å². The van der Waals surface area contributed by atoms with E-state index < -0.39 is 5.82 Å². The molecule has 8 nitrogen and oxygen atoms in total. The van der Waals surface area contributed by atoms with Crippen LogP contribution in [0.25, 0.3) is 10.9 Å². The highest BCUT2D eigenvalue weighted by atomic mass is 35.5. The van der Waals surface area contributed by atoms with Crippen molar-refractivity contribution in [3.8, 4) is 5.75 Å². The molecule has 10 heteroatoms. The Balaban J connectivity index is 1.06. The number of amides is 1. The number of carbonyl (C=O) groups is 1. The number of nitrogens with one attached hydrogen (secondary N) is 2. The van der Waals surface area contributed by atoms with Gasteiger partial charge in [0.25, 0.3) is 0 Å². The van der Waals surface area contributed by atoms with Gasteiger partial charge in [-0.1, -0.05) is 17.7 Å². The lowest BCUT2D eigenvalue weighted by atomic mass is 9.57. The summed E-state index contributed by atoms with van der Waals surface area (Å²) in [6, 6.07) is 9.47. The van der Waals surface area contributed by atoms with Gasteiger partial charge in [0.1, 0.15) is 23.7 Å². The highest BCUT2D eigenvalue weighted by Crippen LogP contribution is 2.53. The summed E-state index contributed by atoms with van der Waals surface area (Å²) in [7, 11) is 4.45. The Kier molecular flexibility index (Phi) is 8.92. The molecular formula is C36H44ClFN6O2. The minimum atomic E-state index is -0.490. The summed E-state index contributed by atoms with van der Waals surface area (Å²) in [4.78, 5) is 27.1. The van der Waals surface area contributed by atoms with Gasteiger partial charge >= 0.3 is 0 Å². The van der Waals surface area contributed by atoms with E-state index in [1.807, 2.05) is 18.2 Å². The minimum absolute atomic E-state index is 0.0177. The summed E-state index contributed by atoms with van der Waals surface area (Å²) in [6.07, 6.45) is 16.0. The standard InChI is InChI=1S/C36H44ClFN6O2/c1-43-13-11-36(12-14-43)20-23(21-36)10-15-46-33-19-30-27(35(40-22-39-30)41-25-6-8-29(38)28(37)17-25)18-31(33)42-34(45)5-3-4-24-16-26-7-9-32(24)44(26)2/h3,5-6,8,17-19,22-24,26,32H,4,7,9-16,20-21H2,1-2H3,(H,42,45)(H,39,40,41). The molecule has 3 unspecified atom stereocenters. The average molecular weight is 647 g/mol. The molecule has 4 heterocycles. The van der Waals surface area contributed by atoms with E-state index in [0.29, 0.717) is 69.8 Å². The van der Waals surface area contributed by atoms with Crippen molar-refractivity contribution in [2.24, 2.45) is 17.3 Å². The van der Waals surface area contributed by atoms with Crippen molar-refractivity contribution in [2.75, 3.05) is 44.4 Å². The topological polar surface area (TPSA) is 82.6 Å². The largest absolute Gasteiger partial charge is 0.491 e. The molecule has 1 amide bonds. The highest BCUT2D eigenvalue weighted by Gasteiger charge is 2.45. The predicted molar refractivity (Wildman–Crippen MR) is 181 cm³/mol. The van der Waals surface area contributed by atoms with Gasteiger partial charge in [-0.2, -0.15) is 0 Å². The second-order valence-electron chi connectivity index (χ2n) is 14.1. The van der Waals surface area contributed by atoms with Crippen LogP contribution in [0.15, 0.2) is 48.8 Å². The summed E-state index contributed by atoms with van der Waals surface area (Å²) in [5.41, 5.74) is 2.36. The van der Waals surface area contributed by atoms with Crippen molar-refractivity contribution in [1.82, 2.24) is 19.8 Å². The van der Waals surface area contributed by atoms with Gasteiger partial charge in [-0.05, 0) is 133 Å². The Morgan fingerprint density at radius 1 is 1.15 bits per heavy atom. The number of rotatable bonds is 10. The SMILES string of the molecule is CN1CCC2(CC1)CC(CCOc1cc3ncnc(Nc4ccc(F)c(Cl)c4)c3cc1NC(=O)C=CCC1CC3CCC1N3C)C2. The van der Waals surface area contributed by atoms with E-state index in [1.165, 1.54) is 76.5 Å². The lowest BCUT2D eigenvalue weighted by Gasteiger charge is -2.52. The maximum atomic E-state index is 13.8. The number of likely N-dealkylation sites (tertiary alicyclic amines) is 1. The van der Waals surface area contributed by atoms with Crippen molar-refractivity contribution < 1.29 is 13.9 Å². The fraction of sp³-hybridized carbons (Fsp3) is 0.528. The Hall–Kier alpha value is -3.27. The van der Waals surface area contributed by atoms with E-state index in [9.17, 15) is 9.18 Å². The molecule has 2 aromatic carbocycles. The fourth-order valence-electron chi connectivity index (χ4n) is 8.49. The van der Waals surface area contributed by atoms with E-state index in [2.05, 4.69) is 44.5 Å². The Morgan fingerprint density at radius 3 is 2.72 bits per heavy atom. The molecular weight excluding hydrogens is 603 g/mol. The van der Waals surface area contributed by atoms with Gasteiger partial charge in [0.15, 0.2) is 0 Å². The van der Waals surface area contributed by atoms with Crippen LogP contribution in [0.3, 0.4) is 0 Å². The molecule has 4 fully saturated rings. The number of hydrogen-bond donors (Lipinski definition) is 2. The number of piperidine rings is 1. The molecule has 244 valence electrons. The summed E-state index contributed by atoms with van der Waals surface area (Å²) in [5, 5.41) is 7.01. The van der Waals surface area contributed by atoms with E-state index >= 15 is 0 Å². The fourth-order valence-corrected chi connectivity index (χ4v) is 8.68. The number of carbonyl (C=O) groups excluding carboxylic acids is 1. The lowest BCUT2D eigenvalue weighted by Crippen LogP contribution is -2.46. The van der Waals surface area contributed by atoms with Crippen molar-refractivity contribution in [2.45, 2.75) is 69.9 Å². The maximum absolute atomic E-state index is 13.8. The highest BCUT2D eigenvalue weighted by molar-refractivity contribution is 6.31. The smallest absolute Gasteiger partial charge is 0.248 e. The van der Waals surface area contributed by atoms with Crippen LogP contribution in [-0.4, -0.2) is 71.6 Å². The summed E-state index contributed by atoms with van der Waals surface area (Å²) >= 11 is 6.02.